The van der Waals surface area contributed by atoms with Crippen molar-refractivity contribution in [2.75, 3.05) is 5.32 Å². The zero-order chi connectivity index (χ0) is 10.7. The molecule has 0 saturated carbocycles. The number of nitrogens with zero attached hydrogens (tertiary/aromatic N) is 1. The lowest BCUT2D eigenvalue weighted by Crippen LogP contribution is -2.23. The lowest BCUT2D eigenvalue weighted by Gasteiger charge is -2.09. The van der Waals surface area contributed by atoms with E-state index in [0.29, 0.717) is 6.42 Å². The van der Waals surface area contributed by atoms with Gasteiger partial charge in [0.2, 0.25) is 5.91 Å². The number of rotatable bonds is 2. The van der Waals surface area contributed by atoms with Gasteiger partial charge in [-0.05, 0) is 18.6 Å². The molecule has 1 aliphatic carbocycles. The molecule has 2 atom stereocenters. The van der Waals surface area contributed by atoms with Crippen molar-refractivity contribution in [1.29, 1.82) is 0 Å². The third-order valence-corrected chi connectivity index (χ3v) is 2.38. The summed E-state index contributed by atoms with van der Waals surface area (Å²) in [5.41, 5.74) is 6.40. The highest BCUT2D eigenvalue weighted by atomic mass is 16.1. The van der Waals surface area contributed by atoms with Crippen LogP contribution in [0.3, 0.4) is 0 Å². The molecule has 4 heteroatoms. The van der Waals surface area contributed by atoms with Crippen molar-refractivity contribution >= 4 is 11.6 Å². The average Bonchev–Trinajstić information content (AvgIpc) is 2.66. The van der Waals surface area contributed by atoms with Crippen LogP contribution >= 0.6 is 0 Å². The smallest absolute Gasteiger partial charge is 0.231 e. The highest BCUT2D eigenvalue weighted by Crippen LogP contribution is 2.18. The molecule has 1 heterocycles. The van der Waals surface area contributed by atoms with Crippen molar-refractivity contribution in [2.45, 2.75) is 12.5 Å². The van der Waals surface area contributed by atoms with Gasteiger partial charge in [0.05, 0.1) is 17.8 Å². The Labute approximate surface area is 88.2 Å². The molecule has 2 unspecified atom stereocenters. The van der Waals surface area contributed by atoms with E-state index >= 15 is 0 Å². The normalized spacial score (nSPS) is 24.1. The number of aromatic nitrogens is 1. The molecule has 1 aliphatic rings. The van der Waals surface area contributed by atoms with E-state index in [1.54, 1.807) is 18.5 Å². The molecule has 0 saturated heterocycles. The number of pyridine rings is 1. The fraction of sp³-hybridized carbons (Fsp3) is 0.273. The molecule has 0 radical (unpaired) electrons. The summed E-state index contributed by atoms with van der Waals surface area (Å²) in [6.45, 7) is 0. The van der Waals surface area contributed by atoms with Gasteiger partial charge in [-0.3, -0.25) is 9.78 Å². The van der Waals surface area contributed by atoms with E-state index in [4.69, 9.17) is 5.73 Å². The standard InChI is InChI=1S/C11H13N3O/c12-9-4-3-8(6-9)11(15)14-10-2-1-5-13-7-10/h1-5,7-9H,6,12H2,(H,14,15). The average molecular weight is 203 g/mol. The van der Waals surface area contributed by atoms with Crippen molar-refractivity contribution in [3.8, 4) is 0 Å². The largest absolute Gasteiger partial charge is 0.324 e. The van der Waals surface area contributed by atoms with E-state index in [2.05, 4.69) is 10.3 Å². The minimum absolute atomic E-state index is 0.00893. The SMILES string of the molecule is NC1C=CC(C(=O)Nc2cccnc2)C1. The topological polar surface area (TPSA) is 68.0 Å². The van der Waals surface area contributed by atoms with Crippen LogP contribution < -0.4 is 11.1 Å². The predicted octanol–water partition coefficient (Wildman–Crippen LogP) is 0.923. The van der Waals surface area contributed by atoms with E-state index in [0.717, 1.165) is 5.69 Å². The van der Waals surface area contributed by atoms with E-state index in [1.165, 1.54) is 0 Å². The second-order valence-corrected chi connectivity index (χ2v) is 3.62. The van der Waals surface area contributed by atoms with E-state index in [-0.39, 0.29) is 17.9 Å². The Hall–Kier alpha value is -1.68. The second-order valence-electron chi connectivity index (χ2n) is 3.62. The van der Waals surface area contributed by atoms with Crippen LogP contribution in [0.15, 0.2) is 36.7 Å². The van der Waals surface area contributed by atoms with Crippen LogP contribution in [0.1, 0.15) is 6.42 Å². The van der Waals surface area contributed by atoms with Crippen LogP contribution in [0.5, 0.6) is 0 Å². The van der Waals surface area contributed by atoms with Crippen molar-refractivity contribution in [2.24, 2.45) is 11.7 Å². The third kappa shape index (κ3) is 2.41. The predicted molar refractivity (Wildman–Crippen MR) is 58.1 cm³/mol. The van der Waals surface area contributed by atoms with Crippen molar-refractivity contribution in [3.05, 3.63) is 36.7 Å². The Balaban J connectivity index is 1.96. The van der Waals surface area contributed by atoms with Crippen molar-refractivity contribution in [3.63, 3.8) is 0 Å². The summed E-state index contributed by atoms with van der Waals surface area (Å²) in [5.74, 6) is -0.132. The number of carbonyl (C=O) groups is 1. The van der Waals surface area contributed by atoms with Crippen molar-refractivity contribution < 1.29 is 4.79 Å². The minimum Gasteiger partial charge on any atom is -0.324 e. The highest BCUT2D eigenvalue weighted by molar-refractivity contribution is 5.93. The molecule has 1 aromatic heterocycles. The number of nitrogens with two attached hydrogens (primary N) is 1. The van der Waals surface area contributed by atoms with Crippen LogP contribution in [0, 0.1) is 5.92 Å². The van der Waals surface area contributed by atoms with Crippen LogP contribution in [0.2, 0.25) is 0 Å². The lowest BCUT2D eigenvalue weighted by molar-refractivity contribution is -0.118. The van der Waals surface area contributed by atoms with Gasteiger partial charge in [0, 0.05) is 12.2 Å². The molecule has 78 valence electrons. The molecule has 3 N–H and O–H groups in total. The first-order valence-corrected chi connectivity index (χ1v) is 4.90. The molecule has 1 aromatic rings. The molecule has 2 rings (SSSR count). The zero-order valence-electron chi connectivity index (χ0n) is 8.26. The quantitative estimate of drug-likeness (QED) is 0.702. The summed E-state index contributed by atoms with van der Waals surface area (Å²) in [7, 11) is 0. The van der Waals surface area contributed by atoms with Gasteiger partial charge in [-0.2, -0.15) is 0 Å². The second kappa shape index (κ2) is 4.23. The van der Waals surface area contributed by atoms with Crippen LogP contribution in [0.4, 0.5) is 5.69 Å². The third-order valence-electron chi connectivity index (χ3n) is 2.38. The maximum Gasteiger partial charge on any atom is 0.231 e. The Kier molecular flexibility index (Phi) is 2.78. The minimum atomic E-state index is -0.111. The first-order chi connectivity index (χ1) is 7.25. The Morgan fingerprint density at radius 1 is 1.53 bits per heavy atom. The van der Waals surface area contributed by atoms with Gasteiger partial charge < -0.3 is 11.1 Å². The number of amides is 1. The van der Waals surface area contributed by atoms with Crippen molar-refractivity contribution in [1.82, 2.24) is 4.98 Å². The monoisotopic (exact) mass is 203 g/mol. The summed E-state index contributed by atoms with van der Waals surface area (Å²) < 4.78 is 0. The first-order valence-electron chi connectivity index (χ1n) is 4.90. The molecule has 0 aliphatic heterocycles. The molecule has 15 heavy (non-hydrogen) atoms. The molecule has 0 aromatic carbocycles. The highest BCUT2D eigenvalue weighted by Gasteiger charge is 2.22. The zero-order valence-corrected chi connectivity index (χ0v) is 8.26. The summed E-state index contributed by atoms with van der Waals surface area (Å²) in [6.07, 6.45) is 7.70. The van der Waals surface area contributed by atoms with Crippen LogP contribution in [-0.2, 0) is 4.79 Å². The van der Waals surface area contributed by atoms with Gasteiger partial charge >= 0.3 is 0 Å². The summed E-state index contributed by atoms with van der Waals surface area (Å²) in [6, 6.07) is 3.60. The van der Waals surface area contributed by atoms with Gasteiger partial charge in [0.25, 0.3) is 0 Å². The van der Waals surface area contributed by atoms with Gasteiger partial charge in [0.1, 0.15) is 0 Å². The van der Waals surface area contributed by atoms with E-state index in [9.17, 15) is 4.79 Å². The Morgan fingerprint density at radius 3 is 3.00 bits per heavy atom. The summed E-state index contributed by atoms with van der Waals surface area (Å²) >= 11 is 0. The Morgan fingerprint density at radius 2 is 2.40 bits per heavy atom. The molecule has 4 nitrogen and oxygen atoms in total. The number of hydrogen-bond donors (Lipinski definition) is 2. The maximum atomic E-state index is 11.7. The van der Waals surface area contributed by atoms with Crippen LogP contribution in [-0.4, -0.2) is 16.9 Å². The van der Waals surface area contributed by atoms with Crippen LogP contribution in [0.25, 0.3) is 0 Å². The maximum absolute atomic E-state index is 11.7. The fourth-order valence-corrected chi connectivity index (χ4v) is 1.59. The molecular weight excluding hydrogens is 190 g/mol. The molecule has 1 amide bonds. The Bertz CT molecular complexity index is 375. The molecule has 0 fully saturated rings. The van der Waals surface area contributed by atoms with Gasteiger partial charge in [-0.15, -0.1) is 0 Å². The van der Waals surface area contributed by atoms with E-state index in [1.807, 2.05) is 18.2 Å². The number of carbonyl (C=O) groups excluding carboxylic acids is 1. The summed E-state index contributed by atoms with van der Waals surface area (Å²) in [4.78, 5) is 15.6. The summed E-state index contributed by atoms with van der Waals surface area (Å²) in [5, 5.41) is 2.80. The molecule has 0 spiro atoms. The fourth-order valence-electron chi connectivity index (χ4n) is 1.59. The van der Waals surface area contributed by atoms with Gasteiger partial charge in [0.15, 0.2) is 0 Å². The molecular formula is C11H13N3O. The number of nitrogens with one attached hydrogen (secondary N) is 1. The number of anilines is 1. The molecule has 0 bridgehead atoms. The first kappa shape index (κ1) is 9.86. The lowest BCUT2D eigenvalue weighted by atomic mass is 10.1. The number of hydrogen-bond acceptors (Lipinski definition) is 3. The van der Waals surface area contributed by atoms with Gasteiger partial charge in [-0.1, -0.05) is 12.2 Å². The van der Waals surface area contributed by atoms with Gasteiger partial charge in [-0.25, -0.2) is 0 Å². The van der Waals surface area contributed by atoms with E-state index < -0.39 is 0 Å².